The molecule has 1 N–H and O–H groups in total. The number of rotatable bonds is 6. The summed E-state index contributed by atoms with van der Waals surface area (Å²) in [6, 6.07) is 10.3. The molecule has 0 aliphatic rings. The zero-order valence-electron chi connectivity index (χ0n) is 9.27. The van der Waals surface area contributed by atoms with Gasteiger partial charge in [-0.2, -0.15) is 0 Å². The van der Waals surface area contributed by atoms with Crippen molar-refractivity contribution in [3.63, 3.8) is 0 Å². The van der Waals surface area contributed by atoms with Crippen molar-refractivity contribution in [2.24, 2.45) is 0 Å². The molecule has 0 heterocycles. The number of nitrogens with one attached hydrogen (secondary N) is 1. The van der Waals surface area contributed by atoms with Crippen molar-refractivity contribution >= 4 is 16.7 Å². The molecule has 1 atom stereocenters. The summed E-state index contributed by atoms with van der Waals surface area (Å²) in [5.41, 5.74) is 1.21. The molecule has 4 heteroatoms. The molecule has 0 saturated carbocycles. The van der Waals surface area contributed by atoms with Crippen molar-refractivity contribution < 1.29 is 4.21 Å². The minimum absolute atomic E-state index is 0.742. The van der Waals surface area contributed by atoms with Crippen molar-refractivity contribution in [1.29, 1.82) is 0 Å². The molecule has 1 aromatic carbocycles. The third kappa shape index (κ3) is 4.44. The smallest absolute Gasteiger partial charge is 0.0884 e. The molecule has 3 nitrogen and oxygen atoms in total. The highest BCUT2D eigenvalue weighted by Gasteiger charge is 2.02. The summed E-state index contributed by atoms with van der Waals surface area (Å²) in [5.74, 6) is 0. The first kappa shape index (κ1) is 12.2. The maximum atomic E-state index is 10.8. The van der Waals surface area contributed by atoms with Gasteiger partial charge in [-0.25, -0.2) is 8.93 Å². The number of likely N-dealkylation sites (N-methyl/N-ethyl adjacent to an activating group) is 1. The molecule has 0 radical (unpaired) electrons. The van der Waals surface area contributed by atoms with E-state index in [-0.39, 0.29) is 0 Å². The first-order chi connectivity index (χ1) is 7.24. The van der Waals surface area contributed by atoms with Crippen LogP contribution in [0.5, 0.6) is 0 Å². The van der Waals surface area contributed by atoms with Crippen LogP contribution < -0.4 is 9.62 Å². The van der Waals surface area contributed by atoms with Crippen molar-refractivity contribution in [2.45, 2.75) is 6.92 Å². The van der Waals surface area contributed by atoms with E-state index in [1.54, 1.807) is 6.26 Å². The topological polar surface area (TPSA) is 32.3 Å². The summed E-state index contributed by atoms with van der Waals surface area (Å²) in [6.45, 7) is 4.70. The minimum atomic E-state index is -0.917. The van der Waals surface area contributed by atoms with Gasteiger partial charge in [-0.3, -0.25) is 0 Å². The van der Waals surface area contributed by atoms with E-state index in [1.807, 2.05) is 18.2 Å². The summed E-state index contributed by atoms with van der Waals surface area (Å²) in [6.07, 6.45) is 1.65. The normalized spacial score (nSPS) is 12.4. The highest BCUT2D eigenvalue weighted by Crippen LogP contribution is 2.11. The second-order valence-corrected chi connectivity index (χ2v) is 4.46. The standard InChI is InChI=1S/C11H18N2OS/c1-3-13(10-9-12-15(2)14)11-7-5-4-6-8-11/h4-8,12H,3,9-10H2,1-2H3. The highest BCUT2D eigenvalue weighted by atomic mass is 32.2. The quantitative estimate of drug-likeness (QED) is 0.795. The van der Waals surface area contributed by atoms with Crippen LogP contribution in [0.1, 0.15) is 6.92 Å². The van der Waals surface area contributed by atoms with Crippen LogP contribution in [0.2, 0.25) is 0 Å². The van der Waals surface area contributed by atoms with Crippen molar-refractivity contribution in [3.05, 3.63) is 30.3 Å². The highest BCUT2D eigenvalue weighted by molar-refractivity contribution is 7.82. The monoisotopic (exact) mass is 226 g/mol. The lowest BCUT2D eigenvalue weighted by molar-refractivity contribution is 0.673. The lowest BCUT2D eigenvalue weighted by Crippen LogP contribution is -2.32. The van der Waals surface area contributed by atoms with Crippen LogP contribution in [0.15, 0.2) is 30.3 Å². The van der Waals surface area contributed by atoms with E-state index in [9.17, 15) is 4.21 Å². The lowest BCUT2D eigenvalue weighted by atomic mass is 10.3. The van der Waals surface area contributed by atoms with E-state index in [1.165, 1.54) is 5.69 Å². The van der Waals surface area contributed by atoms with Crippen LogP contribution in [-0.2, 0) is 11.0 Å². The van der Waals surface area contributed by atoms with E-state index >= 15 is 0 Å². The van der Waals surface area contributed by atoms with Gasteiger partial charge < -0.3 is 4.90 Å². The predicted octanol–water partition coefficient (Wildman–Crippen LogP) is 1.40. The fourth-order valence-corrected chi connectivity index (χ4v) is 1.81. The molecule has 1 aromatic rings. The molecule has 1 unspecified atom stereocenters. The largest absolute Gasteiger partial charge is 0.371 e. The third-order valence-corrected chi connectivity index (χ3v) is 2.80. The fourth-order valence-electron chi connectivity index (χ4n) is 1.43. The van der Waals surface area contributed by atoms with Crippen LogP contribution in [0.3, 0.4) is 0 Å². The summed E-state index contributed by atoms with van der Waals surface area (Å²) < 4.78 is 13.7. The first-order valence-corrected chi connectivity index (χ1v) is 6.66. The Bertz CT molecular complexity index is 303. The molecule has 0 aliphatic heterocycles. The van der Waals surface area contributed by atoms with Gasteiger partial charge in [-0.1, -0.05) is 18.2 Å². The number of hydrogen-bond acceptors (Lipinski definition) is 2. The van der Waals surface area contributed by atoms with E-state index in [0.717, 1.165) is 19.6 Å². The van der Waals surface area contributed by atoms with E-state index in [2.05, 4.69) is 28.7 Å². The van der Waals surface area contributed by atoms with Crippen molar-refractivity contribution in [3.8, 4) is 0 Å². The number of hydrogen-bond donors (Lipinski definition) is 1. The molecule has 0 amide bonds. The Morgan fingerprint density at radius 1 is 1.33 bits per heavy atom. The Labute approximate surface area is 94.1 Å². The molecule has 0 bridgehead atoms. The van der Waals surface area contributed by atoms with Gasteiger partial charge >= 0.3 is 0 Å². The molecule has 0 saturated heterocycles. The van der Waals surface area contributed by atoms with Gasteiger partial charge in [-0.05, 0) is 19.1 Å². The van der Waals surface area contributed by atoms with Gasteiger partial charge in [0.2, 0.25) is 0 Å². The molecule has 0 aromatic heterocycles. The third-order valence-electron chi connectivity index (χ3n) is 2.19. The second kappa shape index (κ2) is 6.58. The number of para-hydroxylation sites is 1. The zero-order chi connectivity index (χ0) is 11.1. The predicted molar refractivity (Wildman–Crippen MR) is 66.4 cm³/mol. The summed E-state index contributed by atoms with van der Waals surface area (Å²) >= 11 is 0. The van der Waals surface area contributed by atoms with Gasteiger partial charge in [0.25, 0.3) is 0 Å². The van der Waals surface area contributed by atoms with E-state index in [4.69, 9.17) is 0 Å². The summed E-state index contributed by atoms with van der Waals surface area (Å²) in [5, 5.41) is 0. The Kier molecular flexibility index (Phi) is 5.36. The average Bonchev–Trinajstić information content (AvgIpc) is 2.25. The van der Waals surface area contributed by atoms with E-state index in [0.29, 0.717) is 0 Å². The van der Waals surface area contributed by atoms with Crippen LogP contribution in [0.4, 0.5) is 5.69 Å². The van der Waals surface area contributed by atoms with Crippen LogP contribution >= 0.6 is 0 Å². The Hall–Kier alpha value is -0.870. The van der Waals surface area contributed by atoms with Crippen LogP contribution in [0.25, 0.3) is 0 Å². The molecule has 0 fully saturated rings. The maximum absolute atomic E-state index is 10.8. The average molecular weight is 226 g/mol. The number of anilines is 1. The number of nitrogens with zero attached hydrogens (tertiary/aromatic N) is 1. The van der Waals surface area contributed by atoms with Gasteiger partial charge in [-0.15, -0.1) is 0 Å². The molecular weight excluding hydrogens is 208 g/mol. The van der Waals surface area contributed by atoms with Crippen LogP contribution in [-0.4, -0.2) is 30.1 Å². The molecule has 0 spiro atoms. The van der Waals surface area contributed by atoms with Gasteiger partial charge in [0.05, 0.1) is 11.0 Å². The fraction of sp³-hybridized carbons (Fsp3) is 0.455. The number of benzene rings is 1. The second-order valence-electron chi connectivity index (χ2n) is 3.26. The Morgan fingerprint density at radius 2 is 2.00 bits per heavy atom. The summed E-state index contributed by atoms with van der Waals surface area (Å²) in [4.78, 5) is 2.25. The van der Waals surface area contributed by atoms with Gasteiger partial charge in [0, 0.05) is 31.6 Å². The van der Waals surface area contributed by atoms with Crippen molar-refractivity contribution in [1.82, 2.24) is 4.72 Å². The molecular formula is C11H18N2OS. The molecule has 15 heavy (non-hydrogen) atoms. The SMILES string of the molecule is CCN(CCNS(C)=O)c1ccccc1. The molecule has 0 aliphatic carbocycles. The Morgan fingerprint density at radius 3 is 2.53 bits per heavy atom. The zero-order valence-corrected chi connectivity index (χ0v) is 10.1. The molecule has 84 valence electrons. The first-order valence-electron chi connectivity index (χ1n) is 5.11. The van der Waals surface area contributed by atoms with Crippen molar-refractivity contribution in [2.75, 3.05) is 30.8 Å². The summed E-state index contributed by atoms with van der Waals surface area (Å²) in [7, 11) is -0.917. The van der Waals surface area contributed by atoms with E-state index < -0.39 is 11.0 Å². The minimum Gasteiger partial charge on any atom is -0.371 e. The Balaban J connectivity index is 2.46. The van der Waals surface area contributed by atoms with Gasteiger partial charge in [0.1, 0.15) is 0 Å². The lowest BCUT2D eigenvalue weighted by Gasteiger charge is -2.22. The molecule has 1 rings (SSSR count). The van der Waals surface area contributed by atoms with Crippen LogP contribution in [0, 0.1) is 0 Å². The maximum Gasteiger partial charge on any atom is 0.0884 e. The van der Waals surface area contributed by atoms with Gasteiger partial charge in [0.15, 0.2) is 0 Å².